The number of amides is 2. The molecule has 0 bridgehead atoms. The molecule has 0 atom stereocenters. The smallest absolute Gasteiger partial charge is 0.263 e. The van der Waals surface area contributed by atoms with Crippen molar-refractivity contribution < 1.29 is 19.1 Å². The second-order valence-corrected chi connectivity index (χ2v) is 6.26. The molecule has 122 valence electrons. The Bertz CT molecular complexity index is 694. The van der Waals surface area contributed by atoms with Crippen LogP contribution in [0.15, 0.2) is 22.2 Å². The van der Waals surface area contributed by atoms with Crippen LogP contribution in [-0.2, 0) is 9.59 Å². The van der Waals surface area contributed by atoms with Gasteiger partial charge in [-0.15, -0.1) is 0 Å². The van der Waals surface area contributed by atoms with Gasteiger partial charge in [0, 0.05) is 0 Å². The van der Waals surface area contributed by atoms with E-state index in [9.17, 15) is 9.59 Å². The highest BCUT2D eigenvalue weighted by atomic mass is 79.9. The van der Waals surface area contributed by atoms with Crippen LogP contribution in [0.3, 0.4) is 0 Å². The quantitative estimate of drug-likeness (QED) is 0.461. The van der Waals surface area contributed by atoms with Crippen LogP contribution in [-0.4, -0.2) is 30.1 Å². The number of rotatable bonds is 4. The summed E-state index contributed by atoms with van der Waals surface area (Å²) in [5.74, 6) is -0.0388. The molecule has 2 amide bonds. The summed E-state index contributed by atoms with van der Waals surface area (Å²) in [5, 5.41) is 4.77. The first kappa shape index (κ1) is 17.4. The Morgan fingerprint density at radius 2 is 1.83 bits per heavy atom. The Morgan fingerprint density at radius 1 is 1.22 bits per heavy atom. The average molecular weight is 399 g/mol. The third-order valence-corrected chi connectivity index (χ3v) is 3.65. The van der Waals surface area contributed by atoms with Crippen molar-refractivity contribution in [1.29, 1.82) is 0 Å². The highest BCUT2D eigenvalue weighted by Gasteiger charge is 2.26. The molecule has 8 heteroatoms. The molecule has 1 saturated heterocycles. The molecule has 1 aromatic carbocycles. The lowest BCUT2D eigenvalue weighted by Crippen LogP contribution is -2.51. The minimum atomic E-state index is -0.545. The van der Waals surface area contributed by atoms with Gasteiger partial charge in [-0.1, -0.05) is 0 Å². The molecular formula is C15H15BrN2O4S. The number of methoxy groups -OCH3 is 1. The SMILES string of the molecule is COc1cc(C=C2C(=O)NC(=S)NC2=O)cc(Br)c1OC(C)C. The average Bonchev–Trinajstić information content (AvgIpc) is 2.44. The van der Waals surface area contributed by atoms with Gasteiger partial charge in [-0.25, -0.2) is 0 Å². The monoisotopic (exact) mass is 398 g/mol. The maximum Gasteiger partial charge on any atom is 0.263 e. The van der Waals surface area contributed by atoms with Crippen LogP contribution in [0.2, 0.25) is 0 Å². The highest BCUT2D eigenvalue weighted by Crippen LogP contribution is 2.37. The Hall–Kier alpha value is -1.93. The third-order valence-electron chi connectivity index (χ3n) is 2.86. The molecule has 2 rings (SSSR count). The van der Waals surface area contributed by atoms with Crippen LogP contribution in [0.25, 0.3) is 6.08 Å². The molecule has 0 radical (unpaired) electrons. The predicted octanol–water partition coefficient (Wildman–Crippen LogP) is 2.16. The second kappa shape index (κ2) is 7.10. The van der Waals surface area contributed by atoms with Gasteiger partial charge in [-0.05, 0) is 65.8 Å². The number of carbonyl (C=O) groups is 2. The molecule has 1 aliphatic heterocycles. The van der Waals surface area contributed by atoms with Crippen molar-refractivity contribution in [1.82, 2.24) is 10.6 Å². The number of benzene rings is 1. The molecular weight excluding hydrogens is 384 g/mol. The van der Waals surface area contributed by atoms with Crippen molar-refractivity contribution in [2.24, 2.45) is 0 Å². The molecule has 2 N–H and O–H groups in total. The molecule has 6 nitrogen and oxygen atoms in total. The fourth-order valence-electron chi connectivity index (χ4n) is 1.95. The standard InChI is InChI=1S/C15H15BrN2O4S/c1-7(2)22-12-10(16)5-8(6-11(12)21-3)4-9-13(19)17-15(23)18-14(9)20/h4-7H,1-3H3,(H2,17,18,19,20,23). The molecule has 1 aromatic rings. The van der Waals surface area contributed by atoms with Crippen LogP contribution in [0.1, 0.15) is 19.4 Å². The van der Waals surface area contributed by atoms with E-state index in [1.165, 1.54) is 13.2 Å². The molecule has 0 aliphatic carbocycles. The Morgan fingerprint density at radius 3 is 2.35 bits per heavy atom. The largest absolute Gasteiger partial charge is 0.493 e. The van der Waals surface area contributed by atoms with Gasteiger partial charge in [0.1, 0.15) is 5.57 Å². The minimum absolute atomic E-state index is 0.00316. The van der Waals surface area contributed by atoms with Crippen molar-refractivity contribution in [2.45, 2.75) is 20.0 Å². The normalized spacial score (nSPS) is 14.5. The zero-order chi connectivity index (χ0) is 17.1. The Balaban J connectivity index is 2.43. The lowest BCUT2D eigenvalue weighted by Gasteiger charge is -2.18. The lowest BCUT2D eigenvalue weighted by molar-refractivity contribution is -0.123. The number of ether oxygens (including phenoxy) is 2. The Kier molecular flexibility index (Phi) is 5.38. The number of nitrogens with one attached hydrogen (secondary N) is 2. The summed E-state index contributed by atoms with van der Waals surface area (Å²) in [7, 11) is 1.52. The first-order valence-corrected chi connectivity index (χ1v) is 7.94. The second-order valence-electron chi connectivity index (χ2n) is 5.00. The molecule has 0 spiro atoms. The third kappa shape index (κ3) is 4.08. The van der Waals surface area contributed by atoms with Gasteiger partial charge in [0.25, 0.3) is 11.8 Å². The van der Waals surface area contributed by atoms with Crippen LogP contribution in [0, 0.1) is 0 Å². The summed E-state index contributed by atoms with van der Waals surface area (Å²) in [4.78, 5) is 23.8. The first-order valence-electron chi connectivity index (χ1n) is 6.74. The van der Waals surface area contributed by atoms with E-state index in [1.807, 2.05) is 13.8 Å². The first-order chi connectivity index (χ1) is 10.8. The van der Waals surface area contributed by atoms with E-state index in [1.54, 1.807) is 12.1 Å². The zero-order valence-electron chi connectivity index (χ0n) is 12.7. The van der Waals surface area contributed by atoms with Crippen LogP contribution < -0.4 is 20.1 Å². The van der Waals surface area contributed by atoms with Crippen LogP contribution in [0.5, 0.6) is 11.5 Å². The summed E-state index contributed by atoms with van der Waals surface area (Å²) in [6.07, 6.45) is 1.43. The van der Waals surface area contributed by atoms with Crippen molar-refractivity contribution in [2.75, 3.05) is 7.11 Å². The van der Waals surface area contributed by atoms with Gasteiger partial charge < -0.3 is 9.47 Å². The van der Waals surface area contributed by atoms with E-state index in [4.69, 9.17) is 21.7 Å². The molecule has 1 heterocycles. The van der Waals surface area contributed by atoms with Gasteiger partial charge in [-0.2, -0.15) is 0 Å². The van der Waals surface area contributed by atoms with Gasteiger partial charge >= 0.3 is 0 Å². The maximum absolute atomic E-state index is 11.9. The molecule has 0 saturated carbocycles. The number of halogens is 1. The number of carbonyl (C=O) groups excluding carboxylic acids is 2. The van der Waals surface area contributed by atoms with E-state index in [2.05, 4.69) is 26.6 Å². The summed E-state index contributed by atoms with van der Waals surface area (Å²) in [6, 6.07) is 3.42. The van der Waals surface area contributed by atoms with E-state index >= 15 is 0 Å². The van der Waals surface area contributed by atoms with Crippen LogP contribution in [0.4, 0.5) is 0 Å². The van der Waals surface area contributed by atoms with Gasteiger partial charge in [-0.3, -0.25) is 20.2 Å². The van der Waals surface area contributed by atoms with Crippen molar-refractivity contribution >= 4 is 51.2 Å². The number of hydrogen-bond donors (Lipinski definition) is 2. The molecule has 1 fully saturated rings. The highest BCUT2D eigenvalue weighted by molar-refractivity contribution is 9.10. The van der Waals surface area contributed by atoms with Crippen molar-refractivity contribution in [3.63, 3.8) is 0 Å². The molecule has 23 heavy (non-hydrogen) atoms. The summed E-state index contributed by atoms with van der Waals surface area (Å²) >= 11 is 8.18. The topological polar surface area (TPSA) is 76.7 Å². The zero-order valence-corrected chi connectivity index (χ0v) is 15.1. The van der Waals surface area contributed by atoms with Crippen molar-refractivity contribution in [3.05, 3.63) is 27.7 Å². The van der Waals surface area contributed by atoms with Gasteiger partial charge in [0.15, 0.2) is 16.6 Å². The van der Waals surface area contributed by atoms with Gasteiger partial charge in [0.05, 0.1) is 17.7 Å². The molecule has 1 aliphatic rings. The summed E-state index contributed by atoms with van der Waals surface area (Å²) in [6.45, 7) is 3.81. The van der Waals surface area contributed by atoms with E-state index in [0.29, 0.717) is 21.5 Å². The summed E-state index contributed by atoms with van der Waals surface area (Å²) in [5.41, 5.74) is 0.572. The van der Waals surface area contributed by atoms with Crippen molar-refractivity contribution in [3.8, 4) is 11.5 Å². The van der Waals surface area contributed by atoms with Crippen LogP contribution >= 0.6 is 28.1 Å². The molecule has 0 unspecified atom stereocenters. The fourth-order valence-corrected chi connectivity index (χ4v) is 2.68. The number of hydrogen-bond acceptors (Lipinski definition) is 5. The number of thiocarbonyl (C=S) groups is 1. The Labute approximate surface area is 147 Å². The van der Waals surface area contributed by atoms with E-state index < -0.39 is 11.8 Å². The fraction of sp³-hybridized carbons (Fsp3) is 0.267. The predicted molar refractivity (Wildman–Crippen MR) is 93.3 cm³/mol. The van der Waals surface area contributed by atoms with Gasteiger partial charge in [0.2, 0.25) is 0 Å². The maximum atomic E-state index is 11.9. The van der Waals surface area contributed by atoms with E-state index in [-0.39, 0.29) is 16.8 Å². The molecule has 0 aromatic heterocycles. The van der Waals surface area contributed by atoms with E-state index in [0.717, 1.165) is 0 Å². The minimum Gasteiger partial charge on any atom is -0.493 e. The lowest BCUT2D eigenvalue weighted by atomic mass is 10.1. The summed E-state index contributed by atoms with van der Waals surface area (Å²) < 4.78 is 11.7.